The first-order valence-electron chi connectivity index (χ1n) is 5.12. The average Bonchev–Trinajstić information content (AvgIpc) is 2.16. The van der Waals surface area contributed by atoms with E-state index in [0.717, 1.165) is 24.9 Å². The third-order valence-corrected chi connectivity index (χ3v) is 3.38. The van der Waals surface area contributed by atoms with Gasteiger partial charge in [-0.15, -0.1) is 0 Å². The first kappa shape index (κ1) is 13.3. The van der Waals surface area contributed by atoms with Crippen LogP contribution in [-0.2, 0) is 4.74 Å². The second-order valence-corrected chi connectivity index (χ2v) is 4.73. The zero-order valence-corrected chi connectivity index (χ0v) is 9.95. The number of thioether (sulfide) groups is 1. The summed E-state index contributed by atoms with van der Waals surface area (Å²) in [7, 11) is 1.74. The lowest BCUT2D eigenvalue weighted by molar-refractivity contribution is 0.199. The summed E-state index contributed by atoms with van der Waals surface area (Å²) in [6.07, 6.45) is 2.54. The van der Waals surface area contributed by atoms with Crippen LogP contribution >= 0.6 is 11.8 Å². The Morgan fingerprint density at radius 3 is 2.77 bits per heavy atom. The maximum absolute atomic E-state index is 4.94. The van der Waals surface area contributed by atoms with Gasteiger partial charge >= 0.3 is 0 Å². The highest BCUT2D eigenvalue weighted by atomic mass is 32.2. The third kappa shape index (κ3) is 10.2. The standard InChI is InChI=1S/C10H23NOS/c1-4-10(2)13-9-5-6-11-7-8-12-3/h10-11H,4-9H2,1-3H3. The van der Waals surface area contributed by atoms with Gasteiger partial charge in [0.2, 0.25) is 0 Å². The Balaban J connectivity index is 2.91. The topological polar surface area (TPSA) is 21.3 Å². The van der Waals surface area contributed by atoms with E-state index in [1.165, 1.54) is 18.6 Å². The van der Waals surface area contributed by atoms with E-state index in [9.17, 15) is 0 Å². The summed E-state index contributed by atoms with van der Waals surface area (Å²) in [5.74, 6) is 1.27. The normalized spacial score (nSPS) is 13.2. The van der Waals surface area contributed by atoms with Gasteiger partial charge in [-0.2, -0.15) is 11.8 Å². The van der Waals surface area contributed by atoms with E-state index < -0.39 is 0 Å². The fourth-order valence-corrected chi connectivity index (χ4v) is 1.85. The van der Waals surface area contributed by atoms with Crippen LogP contribution in [0.4, 0.5) is 0 Å². The Kier molecular flexibility index (Phi) is 10.6. The van der Waals surface area contributed by atoms with Crippen LogP contribution in [-0.4, -0.2) is 37.8 Å². The Morgan fingerprint density at radius 2 is 2.15 bits per heavy atom. The minimum Gasteiger partial charge on any atom is -0.383 e. The molecule has 80 valence electrons. The minimum atomic E-state index is 0.818. The fourth-order valence-electron chi connectivity index (χ4n) is 0.899. The molecule has 0 rings (SSSR count). The smallest absolute Gasteiger partial charge is 0.0587 e. The summed E-state index contributed by atoms with van der Waals surface area (Å²) in [6.45, 7) is 7.45. The van der Waals surface area contributed by atoms with Gasteiger partial charge in [-0.3, -0.25) is 0 Å². The molecule has 0 aliphatic rings. The molecule has 0 aliphatic carbocycles. The lowest BCUT2D eigenvalue weighted by atomic mass is 10.4. The van der Waals surface area contributed by atoms with Crippen LogP contribution < -0.4 is 5.32 Å². The quantitative estimate of drug-likeness (QED) is 0.583. The number of nitrogens with one attached hydrogen (secondary N) is 1. The predicted octanol–water partition coefficient (Wildman–Crippen LogP) is 2.14. The van der Waals surface area contributed by atoms with Gasteiger partial charge in [-0.1, -0.05) is 13.8 Å². The van der Waals surface area contributed by atoms with Gasteiger partial charge < -0.3 is 10.1 Å². The molecule has 3 heteroatoms. The van der Waals surface area contributed by atoms with Gasteiger partial charge in [-0.25, -0.2) is 0 Å². The van der Waals surface area contributed by atoms with Gasteiger partial charge in [0, 0.05) is 18.9 Å². The maximum Gasteiger partial charge on any atom is 0.0587 e. The highest BCUT2D eigenvalue weighted by molar-refractivity contribution is 7.99. The Hall–Kier alpha value is 0.270. The van der Waals surface area contributed by atoms with E-state index in [4.69, 9.17) is 4.74 Å². The van der Waals surface area contributed by atoms with Crippen LogP contribution in [0.15, 0.2) is 0 Å². The minimum absolute atomic E-state index is 0.818. The first-order valence-corrected chi connectivity index (χ1v) is 6.17. The highest BCUT2D eigenvalue weighted by Crippen LogP contribution is 2.13. The van der Waals surface area contributed by atoms with Crippen LogP contribution in [0.1, 0.15) is 26.7 Å². The SMILES string of the molecule is CCC(C)SCCCNCCOC. The molecule has 0 radical (unpaired) electrons. The third-order valence-electron chi connectivity index (χ3n) is 1.96. The van der Waals surface area contributed by atoms with Gasteiger partial charge in [0.15, 0.2) is 0 Å². The van der Waals surface area contributed by atoms with E-state index in [1.54, 1.807) is 7.11 Å². The molecule has 0 saturated heterocycles. The first-order chi connectivity index (χ1) is 6.31. The van der Waals surface area contributed by atoms with Crippen LogP contribution in [0.2, 0.25) is 0 Å². The van der Waals surface area contributed by atoms with E-state index in [0.29, 0.717) is 0 Å². The summed E-state index contributed by atoms with van der Waals surface area (Å²) in [4.78, 5) is 0. The van der Waals surface area contributed by atoms with Crippen molar-refractivity contribution in [2.24, 2.45) is 0 Å². The Bertz CT molecular complexity index is 101. The molecule has 0 saturated carbocycles. The zero-order chi connectivity index (χ0) is 9.94. The van der Waals surface area contributed by atoms with Crippen molar-refractivity contribution in [3.8, 4) is 0 Å². The molecule has 0 aliphatic heterocycles. The maximum atomic E-state index is 4.94. The lowest BCUT2D eigenvalue weighted by Crippen LogP contribution is -2.20. The van der Waals surface area contributed by atoms with Gasteiger partial charge in [-0.05, 0) is 25.1 Å². The van der Waals surface area contributed by atoms with Crippen molar-refractivity contribution in [1.29, 1.82) is 0 Å². The van der Waals surface area contributed by atoms with E-state index >= 15 is 0 Å². The van der Waals surface area contributed by atoms with Crippen molar-refractivity contribution < 1.29 is 4.74 Å². The second-order valence-electron chi connectivity index (χ2n) is 3.19. The van der Waals surface area contributed by atoms with E-state index in [2.05, 4.69) is 30.9 Å². The molecule has 0 aromatic rings. The number of methoxy groups -OCH3 is 1. The van der Waals surface area contributed by atoms with Crippen molar-refractivity contribution in [2.75, 3.05) is 32.6 Å². The predicted molar refractivity (Wildman–Crippen MR) is 61.6 cm³/mol. The van der Waals surface area contributed by atoms with Crippen molar-refractivity contribution in [2.45, 2.75) is 31.9 Å². The molecule has 2 nitrogen and oxygen atoms in total. The summed E-state index contributed by atoms with van der Waals surface area (Å²) in [5.41, 5.74) is 0. The summed E-state index contributed by atoms with van der Waals surface area (Å²) in [6, 6.07) is 0. The number of ether oxygens (including phenoxy) is 1. The number of rotatable bonds is 9. The molecule has 0 aromatic carbocycles. The van der Waals surface area contributed by atoms with E-state index in [1.807, 2.05) is 0 Å². The molecular weight excluding hydrogens is 182 g/mol. The molecule has 0 amide bonds. The monoisotopic (exact) mass is 205 g/mol. The molecule has 0 spiro atoms. The molecular formula is C10H23NOS. The van der Waals surface area contributed by atoms with Crippen LogP contribution in [0.3, 0.4) is 0 Å². The summed E-state index contributed by atoms with van der Waals surface area (Å²) < 4.78 is 4.94. The summed E-state index contributed by atoms with van der Waals surface area (Å²) >= 11 is 2.07. The van der Waals surface area contributed by atoms with Crippen LogP contribution in [0.25, 0.3) is 0 Å². The molecule has 1 N–H and O–H groups in total. The van der Waals surface area contributed by atoms with Crippen molar-refractivity contribution in [3.05, 3.63) is 0 Å². The molecule has 1 atom stereocenters. The lowest BCUT2D eigenvalue weighted by Gasteiger charge is -2.08. The van der Waals surface area contributed by atoms with Crippen molar-refractivity contribution in [3.63, 3.8) is 0 Å². The van der Waals surface area contributed by atoms with Crippen LogP contribution in [0.5, 0.6) is 0 Å². The van der Waals surface area contributed by atoms with Gasteiger partial charge in [0.25, 0.3) is 0 Å². The fraction of sp³-hybridized carbons (Fsp3) is 1.00. The average molecular weight is 205 g/mol. The summed E-state index contributed by atoms with van der Waals surface area (Å²) in [5, 5.41) is 4.16. The van der Waals surface area contributed by atoms with E-state index in [-0.39, 0.29) is 0 Å². The second kappa shape index (κ2) is 10.4. The molecule has 0 aromatic heterocycles. The molecule has 0 heterocycles. The number of hydrogen-bond donors (Lipinski definition) is 1. The van der Waals surface area contributed by atoms with Crippen molar-refractivity contribution >= 4 is 11.8 Å². The Morgan fingerprint density at radius 1 is 1.38 bits per heavy atom. The Labute approximate surface area is 86.8 Å². The molecule has 1 unspecified atom stereocenters. The number of hydrogen-bond acceptors (Lipinski definition) is 3. The van der Waals surface area contributed by atoms with Gasteiger partial charge in [0.05, 0.1) is 6.61 Å². The zero-order valence-electron chi connectivity index (χ0n) is 9.14. The largest absolute Gasteiger partial charge is 0.383 e. The van der Waals surface area contributed by atoms with Crippen molar-refractivity contribution in [1.82, 2.24) is 5.32 Å². The van der Waals surface area contributed by atoms with Gasteiger partial charge in [0.1, 0.15) is 0 Å². The molecule has 13 heavy (non-hydrogen) atoms. The van der Waals surface area contributed by atoms with Crippen LogP contribution in [0, 0.1) is 0 Å². The molecule has 0 fully saturated rings. The molecule has 0 bridgehead atoms. The highest BCUT2D eigenvalue weighted by Gasteiger charge is 1.97.